The largest absolute Gasteiger partial charge is 0.360 e. The van der Waals surface area contributed by atoms with Crippen LogP contribution in [0.15, 0.2) is 60.7 Å². The van der Waals surface area contributed by atoms with Crippen LogP contribution in [0.4, 0.5) is 5.69 Å². The van der Waals surface area contributed by atoms with E-state index in [2.05, 4.69) is 77.4 Å². The van der Waals surface area contributed by atoms with Crippen molar-refractivity contribution < 1.29 is 14.6 Å². The van der Waals surface area contributed by atoms with Gasteiger partial charge in [0.05, 0.1) is 52.4 Å². The lowest BCUT2D eigenvalue weighted by molar-refractivity contribution is -0.933. The Hall–Kier alpha value is -2.37. The van der Waals surface area contributed by atoms with Crippen molar-refractivity contribution in [3.63, 3.8) is 0 Å². The fourth-order valence-corrected chi connectivity index (χ4v) is 4.68. The van der Waals surface area contributed by atoms with E-state index in [0.29, 0.717) is 18.5 Å². The van der Waals surface area contributed by atoms with Crippen molar-refractivity contribution in [3.8, 4) is 0 Å². The van der Waals surface area contributed by atoms with Crippen LogP contribution in [0.3, 0.4) is 0 Å². The Morgan fingerprint density at radius 1 is 0.862 bits per heavy atom. The van der Waals surface area contributed by atoms with Gasteiger partial charge in [0.2, 0.25) is 0 Å². The normalized spacial score (nSPS) is 19.9. The molecule has 2 aromatic carbocycles. The van der Waals surface area contributed by atoms with Crippen LogP contribution in [0.5, 0.6) is 0 Å². The molecule has 2 aromatic rings. The zero-order valence-corrected chi connectivity index (χ0v) is 17.5. The second-order valence-electron chi connectivity index (χ2n) is 8.42. The number of para-hydroxylation sites is 1. The zero-order valence-electron chi connectivity index (χ0n) is 17.5. The summed E-state index contributed by atoms with van der Waals surface area (Å²) in [5.41, 5.74) is 2.69. The number of hydrogen-bond donors (Lipinski definition) is 2. The lowest BCUT2D eigenvalue weighted by Crippen LogP contribution is -3.16. The molecule has 2 heterocycles. The van der Waals surface area contributed by atoms with E-state index in [0.717, 1.165) is 52.4 Å². The molecule has 0 saturated carbocycles. The van der Waals surface area contributed by atoms with Crippen LogP contribution in [-0.4, -0.2) is 69.7 Å². The van der Waals surface area contributed by atoms with Gasteiger partial charge in [-0.05, 0) is 19.1 Å². The monoisotopic (exact) mass is 394 g/mol. The molecule has 0 spiro atoms. The van der Waals surface area contributed by atoms with Crippen LogP contribution in [0.1, 0.15) is 18.5 Å². The molecule has 1 atom stereocenters. The minimum absolute atomic E-state index is 0.333. The SMILES string of the molecule is C[C@H](c1ccccc1)[NH+]1CCN(C(=O)C[NH+]2CCN(c3ccccc3)CC2)CC1. The predicted molar refractivity (Wildman–Crippen MR) is 116 cm³/mol. The predicted octanol–water partition coefficient (Wildman–Crippen LogP) is -0.120. The highest BCUT2D eigenvalue weighted by molar-refractivity contribution is 5.77. The van der Waals surface area contributed by atoms with Gasteiger partial charge in [0.25, 0.3) is 5.91 Å². The minimum atomic E-state index is 0.333. The van der Waals surface area contributed by atoms with Crippen LogP contribution in [0.25, 0.3) is 0 Å². The van der Waals surface area contributed by atoms with Crippen molar-refractivity contribution in [2.45, 2.75) is 13.0 Å². The van der Waals surface area contributed by atoms with Gasteiger partial charge >= 0.3 is 0 Å². The summed E-state index contributed by atoms with van der Waals surface area (Å²) in [7, 11) is 0. The molecule has 5 nitrogen and oxygen atoms in total. The van der Waals surface area contributed by atoms with Crippen LogP contribution >= 0.6 is 0 Å². The minimum Gasteiger partial charge on any atom is -0.360 e. The maximum atomic E-state index is 12.8. The molecule has 29 heavy (non-hydrogen) atoms. The Balaban J connectivity index is 1.21. The van der Waals surface area contributed by atoms with Gasteiger partial charge in [-0.15, -0.1) is 0 Å². The number of benzene rings is 2. The third-order valence-electron chi connectivity index (χ3n) is 6.66. The van der Waals surface area contributed by atoms with Crippen molar-refractivity contribution in [3.05, 3.63) is 66.2 Å². The van der Waals surface area contributed by atoms with Crippen LogP contribution in [-0.2, 0) is 4.79 Å². The molecule has 4 rings (SSSR count). The summed E-state index contributed by atoms with van der Waals surface area (Å²) in [5.74, 6) is 0.333. The smallest absolute Gasteiger partial charge is 0.278 e. The van der Waals surface area contributed by atoms with E-state index in [9.17, 15) is 4.79 Å². The number of rotatable bonds is 5. The molecule has 5 heteroatoms. The topological polar surface area (TPSA) is 32.4 Å². The molecule has 2 fully saturated rings. The Kier molecular flexibility index (Phi) is 6.47. The fourth-order valence-electron chi connectivity index (χ4n) is 4.68. The number of nitrogens with zero attached hydrogens (tertiary/aromatic N) is 2. The highest BCUT2D eigenvalue weighted by Crippen LogP contribution is 2.12. The molecular formula is C24H34N4O+2. The molecule has 2 aliphatic heterocycles. The number of piperazine rings is 2. The van der Waals surface area contributed by atoms with Crippen molar-refractivity contribution in [2.24, 2.45) is 0 Å². The van der Waals surface area contributed by atoms with Crippen LogP contribution in [0.2, 0.25) is 0 Å². The average Bonchev–Trinajstić information content (AvgIpc) is 2.80. The van der Waals surface area contributed by atoms with E-state index >= 15 is 0 Å². The number of amides is 1. The lowest BCUT2D eigenvalue weighted by atomic mass is 10.1. The van der Waals surface area contributed by atoms with Crippen molar-refractivity contribution in [1.82, 2.24) is 4.90 Å². The van der Waals surface area contributed by atoms with Crippen molar-refractivity contribution in [1.29, 1.82) is 0 Å². The van der Waals surface area contributed by atoms with Gasteiger partial charge in [-0.1, -0.05) is 48.5 Å². The first kappa shape index (κ1) is 19.9. The van der Waals surface area contributed by atoms with Gasteiger partial charge in [-0.2, -0.15) is 0 Å². The Morgan fingerprint density at radius 2 is 1.45 bits per heavy atom. The van der Waals surface area contributed by atoms with Gasteiger partial charge in [-0.25, -0.2) is 0 Å². The van der Waals surface area contributed by atoms with Crippen LogP contribution in [0, 0.1) is 0 Å². The number of nitrogens with one attached hydrogen (secondary N) is 2. The molecule has 0 radical (unpaired) electrons. The van der Waals surface area contributed by atoms with Gasteiger partial charge in [-0.3, -0.25) is 4.79 Å². The maximum absolute atomic E-state index is 12.8. The first-order chi connectivity index (χ1) is 14.2. The van der Waals surface area contributed by atoms with Crippen LogP contribution < -0.4 is 14.7 Å². The molecule has 2 aliphatic rings. The van der Waals surface area contributed by atoms with E-state index in [1.807, 2.05) is 0 Å². The summed E-state index contributed by atoms with van der Waals surface area (Å²) >= 11 is 0. The molecule has 2 N–H and O–H groups in total. The van der Waals surface area contributed by atoms with E-state index in [-0.39, 0.29) is 0 Å². The first-order valence-electron chi connectivity index (χ1n) is 11.0. The Labute approximate surface area is 174 Å². The number of quaternary nitrogens is 2. The molecule has 0 bridgehead atoms. The highest BCUT2D eigenvalue weighted by atomic mass is 16.2. The number of anilines is 1. The summed E-state index contributed by atoms with van der Waals surface area (Å²) < 4.78 is 0. The maximum Gasteiger partial charge on any atom is 0.278 e. The summed E-state index contributed by atoms with van der Waals surface area (Å²) in [6.07, 6.45) is 0. The average molecular weight is 395 g/mol. The number of hydrogen-bond acceptors (Lipinski definition) is 2. The number of carbonyl (C=O) groups excluding carboxylic acids is 1. The van der Waals surface area contributed by atoms with E-state index < -0.39 is 0 Å². The van der Waals surface area contributed by atoms with Crippen molar-refractivity contribution >= 4 is 11.6 Å². The summed E-state index contributed by atoms with van der Waals surface area (Å²) in [4.78, 5) is 20.4. The van der Waals surface area contributed by atoms with Gasteiger partial charge in [0.15, 0.2) is 6.54 Å². The van der Waals surface area contributed by atoms with Gasteiger partial charge < -0.3 is 19.6 Å². The van der Waals surface area contributed by atoms with Gasteiger partial charge in [0.1, 0.15) is 6.04 Å². The lowest BCUT2D eigenvalue weighted by Gasteiger charge is -2.37. The molecule has 0 unspecified atom stereocenters. The van der Waals surface area contributed by atoms with Crippen molar-refractivity contribution in [2.75, 3.05) is 63.8 Å². The molecular weight excluding hydrogens is 360 g/mol. The first-order valence-corrected chi connectivity index (χ1v) is 11.0. The molecule has 0 aliphatic carbocycles. The van der Waals surface area contributed by atoms with E-state index in [4.69, 9.17) is 0 Å². The summed E-state index contributed by atoms with van der Waals surface area (Å²) in [6.45, 7) is 10.9. The fraction of sp³-hybridized carbons (Fsp3) is 0.458. The zero-order chi connectivity index (χ0) is 20.1. The summed E-state index contributed by atoms with van der Waals surface area (Å²) in [5, 5.41) is 0. The molecule has 0 aromatic heterocycles. The molecule has 2 saturated heterocycles. The third-order valence-corrected chi connectivity index (χ3v) is 6.66. The highest BCUT2D eigenvalue weighted by Gasteiger charge is 2.30. The molecule has 1 amide bonds. The Morgan fingerprint density at radius 3 is 2.07 bits per heavy atom. The van der Waals surface area contributed by atoms with Gasteiger partial charge in [0, 0.05) is 11.3 Å². The third kappa shape index (κ3) is 4.98. The second-order valence-corrected chi connectivity index (χ2v) is 8.42. The standard InChI is InChI=1S/C24H32N4O/c1-21(22-8-4-2-5-9-22)26-16-18-28(19-17-26)24(29)20-25-12-14-27(15-13-25)23-10-6-3-7-11-23/h2-11,21H,12-20H2,1H3/p+2/t21-/m1/s1. The Bertz CT molecular complexity index is 766. The van der Waals surface area contributed by atoms with E-state index in [1.165, 1.54) is 16.2 Å². The second kappa shape index (κ2) is 9.42. The molecule has 154 valence electrons. The summed E-state index contributed by atoms with van der Waals surface area (Å²) in [6, 6.07) is 21.8. The van der Waals surface area contributed by atoms with E-state index in [1.54, 1.807) is 4.90 Å². The number of carbonyl (C=O) groups is 1. The quantitative estimate of drug-likeness (QED) is 0.741.